The summed E-state index contributed by atoms with van der Waals surface area (Å²) in [4.78, 5) is 26.3. The van der Waals surface area contributed by atoms with Crippen LogP contribution in [-0.4, -0.2) is 40.9 Å². The standard InChI is InChI=1S/C19H27ClN2O3/c1-14(2)22(18(23)12-20)17-11-7-6-10-16(17)21-19(24)25-13-15-8-4-3-5-9-15/h3-5,8-9,14,16-17H,6-7,10-13H2,1-2H3,(H,21,24)/t16-,17+/m1/s1. The molecule has 138 valence electrons. The number of hydrogen-bond acceptors (Lipinski definition) is 3. The molecule has 6 heteroatoms. The Morgan fingerprint density at radius 1 is 1.24 bits per heavy atom. The molecule has 25 heavy (non-hydrogen) atoms. The molecule has 1 saturated carbocycles. The molecule has 0 radical (unpaired) electrons. The first-order valence-corrected chi connectivity index (χ1v) is 9.40. The average Bonchev–Trinajstić information content (AvgIpc) is 2.62. The van der Waals surface area contributed by atoms with Crippen molar-refractivity contribution in [1.82, 2.24) is 10.2 Å². The zero-order chi connectivity index (χ0) is 18.2. The molecule has 2 atom stereocenters. The summed E-state index contributed by atoms with van der Waals surface area (Å²) < 4.78 is 5.33. The van der Waals surface area contributed by atoms with Crippen molar-refractivity contribution in [2.45, 2.75) is 64.3 Å². The van der Waals surface area contributed by atoms with Crippen LogP contribution in [-0.2, 0) is 16.1 Å². The molecule has 1 aliphatic rings. The molecule has 1 aromatic rings. The van der Waals surface area contributed by atoms with E-state index in [2.05, 4.69) is 5.32 Å². The summed E-state index contributed by atoms with van der Waals surface area (Å²) in [6.07, 6.45) is 3.33. The number of nitrogens with zero attached hydrogens (tertiary/aromatic N) is 1. The number of alkyl halides is 1. The quantitative estimate of drug-likeness (QED) is 0.781. The number of alkyl carbamates (subject to hydrolysis) is 1. The zero-order valence-corrected chi connectivity index (χ0v) is 15.7. The molecule has 0 bridgehead atoms. The fraction of sp³-hybridized carbons (Fsp3) is 0.579. The third-order valence-electron chi connectivity index (χ3n) is 4.56. The maximum absolute atomic E-state index is 12.2. The van der Waals surface area contributed by atoms with E-state index in [1.54, 1.807) is 0 Å². The summed E-state index contributed by atoms with van der Waals surface area (Å²) in [5, 5.41) is 2.96. The van der Waals surface area contributed by atoms with Gasteiger partial charge in [-0.1, -0.05) is 43.2 Å². The molecule has 2 rings (SSSR count). The Hall–Kier alpha value is -1.75. The van der Waals surface area contributed by atoms with Crippen molar-refractivity contribution in [2.75, 3.05) is 5.88 Å². The van der Waals surface area contributed by atoms with Gasteiger partial charge in [0.25, 0.3) is 0 Å². The molecule has 1 fully saturated rings. The SMILES string of the molecule is CC(C)N(C(=O)CCl)[C@H]1CCCC[C@H]1NC(=O)OCc1ccccc1. The number of carbonyl (C=O) groups excluding carboxylic acids is 2. The first-order chi connectivity index (χ1) is 12.0. The summed E-state index contributed by atoms with van der Waals surface area (Å²) >= 11 is 5.78. The van der Waals surface area contributed by atoms with Crippen LogP contribution in [0.3, 0.4) is 0 Å². The fourth-order valence-electron chi connectivity index (χ4n) is 3.45. The first kappa shape index (κ1) is 19.6. The lowest BCUT2D eigenvalue weighted by atomic mass is 9.88. The number of halogens is 1. The molecule has 0 aromatic heterocycles. The third-order valence-corrected chi connectivity index (χ3v) is 4.79. The van der Waals surface area contributed by atoms with Crippen LogP contribution in [0, 0.1) is 0 Å². The van der Waals surface area contributed by atoms with E-state index < -0.39 is 6.09 Å². The zero-order valence-electron chi connectivity index (χ0n) is 14.9. The molecule has 0 saturated heterocycles. The Kier molecular flexibility index (Phi) is 7.56. The van der Waals surface area contributed by atoms with Gasteiger partial charge in [0, 0.05) is 6.04 Å². The topological polar surface area (TPSA) is 58.6 Å². The van der Waals surface area contributed by atoms with Gasteiger partial charge in [0.1, 0.15) is 12.5 Å². The van der Waals surface area contributed by atoms with Crippen LogP contribution >= 0.6 is 11.6 Å². The van der Waals surface area contributed by atoms with Gasteiger partial charge in [0.05, 0.1) is 12.1 Å². The number of nitrogens with one attached hydrogen (secondary N) is 1. The molecule has 0 aliphatic heterocycles. The van der Waals surface area contributed by atoms with Crippen molar-refractivity contribution in [3.8, 4) is 0 Å². The highest BCUT2D eigenvalue weighted by Crippen LogP contribution is 2.25. The second-order valence-electron chi connectivity index (χ2n) is 6.69. The van der Waals surface area contributed by atoms with E-state index >= 15 is 0 Å². The Labute approximate surface area is 154 Å². The lowest BCUT2D eigenvalue weighted by Gasteiger charge is -2.42. The highest BCUT2D eigenvalue weighted by atomic mass is 35.5. The van der Waals surface area contributed by atoms with E-state index in [0.29, 0.717) is 0 Å². The van der Waals surface area contributed by atoms with Gasteiger partial charge >= 0.3 is 6.09 Å². The minimum Gasteiger partial charge on any atom is -0.445 e. The number of hydrogen-bond donors (Lipinski definition) is 1. The summed E-state index contributed by atoms with van der Waals surface area (Å²) in [6, 6.07) is 9.46. The van der Waals surface area contributed by atoms with Gasteiger partial charge in [0.15, 0.2) is 0 Å². The van der Waals surface area contributed by atoms with E-state index in [-0.39, 0.29) is 36.5 Å². The maximum Gasteiger partial charge on any atom is 0.407 e. The van der Waals surface area contributed by atoms with Crippen LogP contribution in [0.5, 0.6) is 0 Å². The molecular formula is C19H27ClN2O3. The number of ether oxygens (including phenoxy) is 1. The molecule has 0 spiro atoms. The van der Waals surface area contributed by atoms with Crippen LogP contribution < -0.4 is 5.32 Å². The minimum atomic E-state index is -0.442. The van der Waals surface area contributed by atoms with Crippen LogP contribution in [0.25, 0.3) is 0 Å². The third kappa shape index (κ3) is 5.63. The van der Waals surface area contributed by atoms with Crippen molar-refractivity contribution in [1.29, 1.82) is 0 Å². The Morgan fingerprint density at radius 3 is 2.56 bits per heavy atom. The number of carbonyl (C=O) groups is 2. The summed E-state index contributed by atoms with van der Waals surface area (Å²) in [5.41, 5.74) is 0.943. The molecule has 1 aliphatic carbocycles. The van der Waals surface area contributed by atoms with Crippen molar-refractivity contribution < 1.29 is 14.3 Å². The van der Waals surface area contributed by atoms with Crippen LogP contribution in [0.1, 0.15) is 45.1 Å². The molecule has 0 unspecified atom stereocenters. The van der Waals surface area contributed by atoms with E-state index in [9.17, 15) is 9.59 Å². The normalized spacial score (nSPS) is 20.2. The second-order valence-corrected chi connectivity index (χ2v) is 6.96. The van der Waals surface area contributed by atoms with Crippen molar-refractivity contribution in [3.05, 3.63) is 35.9 Å². The molecule has 1 N–H and O–H groups in total. The Morgan fingerprint density at radius 2 is 1.92 bits per heavy atom. The van der Waals surface area contributed by atoms with Gasteiger partial charge in [-0.2, -0.15) is 0 Å². The van der Waals surface area contributed by atoms with Crippen LogP contribution in [0.4, 0.5) is 4.79 Å². The second kappa shape index (κ2) is 9.66. The highest BCUT2D eigenvalue weighted by Gasteiger charge is 2.35. The predicted molar refractivity (Wildman–Crippen MR) is 98.5 cm³/mol. The average molecular weight is 367 g/mol. The smallest absolute Gasteiger partial charge is 0.407 e. The predicted octanol–water partition coefficient (Wildman–Crippen LogP) is 3.70. The van der Waals surface area contributed by atoms with Crippen molar-refractivity contribution >= 4 is 23.6 Å². The number of amides is 2. The Balaban J connectivity index is 1.97. The minimum absolute atomic E-state index is 0.0377. The van der Waals surface area contributed by atoms with Crippen LogP contribution in [0.2, 0.25) is 0 Å². The maximum atomic E-state index is 12.2. The molecule has 1 aromatic carbocycles. The first-order valence-electron chi connectivity index (χ1n) is 8.87. The molecule has 0 heterocycles. The fourth-order valence-corrected chi connectivity index (χ4v) is 3.59. The summed E-state index contributed by atoms with van der Waals surface area (Å²) in [5.74, 6) is -0.132. The van der Waals surface area contributed by atoms with Gasteiger partial charge in [-0.3, -0.25) is 4.79 Å². The van der Waals surface area contributed by atoms with Crippen molar-refractivity contribution in [2.24, 2.45) is 0 Å². The number of rotatable bonds is 6. The van der Waals surface area contributed by atoms with E-state index in [1.165, 1.54) is 0 Å². The molecule has 2 amide bonds. The Bertz CT molecular complexity index is 565. The van der Waals surface area contributed by atoms with Crippen molar-refractivity contribution in [3.63, 3.8) is 0 Å². The van der Waals surface area contributed by atoms with Gasteiger partial charge in [-0.05, 0) is 32.3 Å². The highest BCUT2D eigenvalue weighted by molar-refractivity contribution is 6.27. The van der Waals surface area contributed by atoms with Gasteiger partial charge in [0.2, 0.25) is 5.91 Å². The van der Waals surface area contributed by atoms with E-state index in [4.69, 9.17) is 16.3 Å². The monoisotopic (exact) mass is 366 g/mol. The van der Waals surface area contributed by atoms with E-state index in [0.717, 1.165) is 31.2 Å². The largest absolute Gasteiger partial charge is 0.445 e. The summed E-state index contributed by atoms with van der Waals surface area (Å²) in [6.45, 7) is 4.19. The molecular weight excluding hydrogens is 340 g/mol. The molecule has 5 nitrogen and oxygen atoms in total. The number of benzene rings is 1. The lowest BCUT2D eigenvalue weighted by molar-refractivity contribution is -0.134. The van der Waals surface area contributed by atoms with Gasteiger partial charge in [-0.25, -0.2) is 4.79 Å². The van der Waals surface area contributed by atoms with Gasteiger partial charge < -0.3 is 15.0 Å². The van der Waals surface area contributed by atoms with Gasteiger partial charge in [-0.15, -0.1) is 11.6 Å². The lowest BCUT2D eigenvalue weighted by Crippen LogP contribution is -2.57. The summed E-state index contributed by atoms with van der Waals surface area (Å²) in [7, 11) is 0. The van der Waals surface area contributed by atoms with Crippen LogP contribution in [0.15, 0.2) is 30.3 Å². The van der Waals surface area contributed by atoms with E-state index in [1.807, 2.05) is 49.1 Å².